The Morgan fingerprint density at radius 3 is 2.64 bits per heavy atom. The molecule has 0 aliphatic rings. The van der Waals surface area contributed by atoms with Crippen LogP contribution in [0.4, 0.5) is 5.69 Å². The minimum atomic E-state index is -0.243. The van der Waals surface area contributed by atoms with E-state index >= 15 is 0 Å². The van der Waals surface area contributed by atoms with E-state index < -0.39 is 0 Å². The second-order valence-corrected chi connectivity index (χ2v) is 6.33. The van der Waals surface area contributed by atoms with Crippen LogP contribution in [0.25, 0.3) is 5.82 Å². The van der Waals surface area contributed by atoms with Crippen LogP contribution in [0.1, 0.15) is 22.7 Å². The molecule has 0 aliphatic heterocycles. The Morgan fingerprint density at radius 1 is 1.25 bits per heavy atom. The first kappa shape index (κ1) is 19.2. The number of hydrogen-bond acceptors (Lipinski definition) is 6. The topological polar surface area (TPSA) is 93.7 Å². The molecule has 146 valence electrons. The molecular weight excluding hydrogens is 358 g/mol. The number of anilines is 1. The van der Waals surface area contributed by atoms with E-state index in [0.717, 1.165) is 40.0 Å². The first-order valence-electron chi connectivity index (χ1n) is 8.80. The highest BCUT2D eigenvalue weighted by molar-refractivity contribution is 5.85. The van der Waals surface area contributed by atoms with Gasteiger partial charge in [-0.05, 0) is 51.1 Å². The van der Waals surface area contributed by atoms with Crippen LogP contribution in [-0.4, -0.2) is 35.5 Å². The lowest BCUT2D eigenvalue weighted by molar-refractivity contribution is -0.119. The maximum absolute atomic E-state index is 12.0. The highest BCUT2D eigenvalue weighted by Gasteiger charge is 2.12. The Kier molecular flexibility index (Phi) is 5.78. The Labute approximate surface area is 163 Å². The predicted molar refractivity (Wildman–Crippen MR) is 107 cm³/mol. The van der Waals surface area contributed by atoms with Crippen LogP contribution >= 0.6 is 0 Å². The minimum Gasteiger partial charge on any atom is -0.497 e. The zero-order valence-corrected chi connectivity index (χ0v) is 16.3. The van der Waals surface area contributed by atoms with Gasteiger partial charge in [0.25, 0.3) is 5.91 Å². The number of nitrogens with zero attached hydrogens (tertiary/aromatic N) is 3. The number of carbonyl (C=O) groups is 1. The first-order chi connectivity index (χ1) is 13.5. The average molecular weight is 381 g/mol. The quantitative estimate of drug-likeness (QED) is 0.485. The van der Waals surface area contributed by atoms with Crippen LogP contribution in [0.2, 0.25) is 0 Å². The van der Waals surface area contributed by atoms with Crippen molar-refractivity contribution in [3.05, 3.63) is 59.1 Å². The Bertz CT molecular complexity index is 986. The number of aryl methyl sites for hydroxylation is 2. The van der Waals surface area contributed by atoms with Crippen LogP contribution in [0.3, 0.4) is 0 Å². The lowest BCUT2D eigenvalue weighted by atomic mass is 10.3. The van der Waals surface area contributed by atoms with Crippen LogP contribution < -0.4 is 15.5 Å². The maximum atomic E-state index is 12.0. The second kappa shape index (κ2) is 8.43. The van der Waals surface area contributed by atoms with Gasteiger partial charge in [0, 0.05) is 28.7 Å². The lowest BCUT2D eigenvalue weighted by Crippen LogP contribution is -2.25. The molecule has 0 saturated carbocycles. The summed E-state index contributed by atoms with van der Waals surface area (Å²) in [5.74, 6) is 1.99. The Morgan fingerprint density at radius 2 is 2.00 bits per heavy atom. The van der Waals surface area contributed by atoms with Crippen molar-refractivity contribution in [2.75, 3.05) is 19.0 Å². The molecule has 3 aromatic rings. The molecule has 8 nitrogen and oxygen atoms in total. The molecule has 2 heterocycles. The van der Waals surface area contributed by atoms with E-state index in [1.54, 1.807) is 13.3 Å². The van der Waals surface area contributed by atoms with Crippen molar-refractivity contribution < 1.29 is 14.1 Å². The summed E-state index contributed by atoms with van der Waals surface area (Å²) in [6.45, 7) is 5.90. The molecule has 28 heavy (non-hydrogen) atoms. The largest absolute Gasteiger partial charge is 0.497 e. The number of hydrogen-bond donors (Lipinski definition) is 2. The van der Waals surface area contributed by atoms with E-state index in [-0.39, 0.29) is 12.5 Å². The molecular formula is C20H23N5O3. The molecule has 2 N–H and O–H groups in total. The molecule has 1 aromatic carbocycles. The summed E-state index contributed by atoms with van der Waals surface area (Å²) in [6.07, 6.45) is 1.62. The zero-order chi connectivity index (χ0) is 20.1. The number of hydrazone groups is 1. The third kappa shape index (κ3) is 4.40. The van der Waals surface area contributed by atoms with Gasteiger partial charge in [0.05, 0.1) is 19.9 Å². The molecule has 0 spiro atoms. The normalized spacial score (nSPS) is 11.0. The van der Waals surface area contributed by atoms with Gasteiger partial charge in [-0.15, -0.1) is 0 Å². The van der Waals surface area contributed by atoms with Crippen molar-refractivity contribution in [3.8, 4) is 11.6 Å². The molecule has 0 aliphatic carbocycles. The van der Waals surface area contributed by atoms with Crippen molar-refractivity contribution in [2.45, 2.75) is 20.8 Å². The van der Waals surface area contributed by atoms with Gasteiger partial charge in [0.1, 0.15) is 11.5 Å². The van der Waals surface area contributed by atoms with Crippen LogP contribution in [0.5, 0.6) is 5.75 Å². The van der Waals surface area contributed by atoms with E-state index in [2.05, 4.69) is 21.0 Å². The zero-order valence-electron chi connectivity index (χ0n) is 16.3. The highest BCUT2D eigenvalue weighted by atomic mass is 16.5. The molecule has 0 fully saturated rings. The summed E-state index contributed by atoms with van der Waals surface area (Å²) >= 11 is 0. The molecule has 3 rings (SSSR count). The van der Waals surface area contributed by atoms with E-state index in [1.807, 2.05) is 61.7 Å². The van der Waals surface area contributed by atoms with E-state index in [9.17, 15) is 4.79 Å². The van der Waals surface area contributed by atoms with Crippen molar-refractivity contribution in [3.63, 3.8) is 0 Å². The smallest absolute Gasteiger partial charge is 0.259 e. The van der Waals surface area contributed by atoms with Crippen molar-refractivity contribution in [1.29, 1.82) is 0 Å². The van der Waals surface area contributed by atoms with E-state index in [1.165, 1.54) is 0 Å². The highest BCUT2D eigenvalue weighted by Crippen LogP contribution is 2.19. The number of ether oxygens (including phenoxy) is 1. The number of methoxy groups -OCH3 is 1. The van der Waals surface area contributed by atoms with Crippen LogP contribution in [0, 0.1) is 20.8 Å². The van der Waals surface area contributed by atoms with Crippen LogP contribution in [0.15, 0.2) is 46.0 Å². The summed E-state index contributed by atoms with van der Waals surface area (Å²) < 4.78 is 12.2. The minimum absolute atomic E-state index is 0.112. The summed E-state index contributed by atoms with van der Waals surface area (Å²) in [7, 11) is 1.61. The number of nitrogens with one attached hydrogen (secondary N) is 2. The first-order valence-corrected chi connectivity index (χ1v) is 8.80. The fourth-order valence-electron chi connectivity index (χ4n) is 2.83. The van der Waals surface area contributed by atoms with Crippen molar-refractivity contribution >= 4 is 17.8 Å². The second-order valence-electron chi connectivity index (χ2n) is 6.33. The van der Waals surface area contributed by atoms with Gasteiger partial charge >= 0.3 is 0 Å². The third-order valence-corrected chi connectivity index (χ3v) is 4.25. The number of amides is 1. The Hall–Kier alpha value is -3.55. The fraction of sp³-hybridized carbons (Fsp3) is 0.250. The number of rotatable bonds is 7. The van der Waals surface area contributed by atoms with Gasteiger partial charge in [-0.3, -0.25) is 9.36 Å². The number of carbonyl (C=O) groups excluding carboxylic acids is 1. The molecule has 2 aromatic heterocycles. The molecule has 0 atom stereocenters. The van der Waals surface area contributed by atoms with Crippen molar-refractivity contribution in [1.82, 2.24) is 15.1 Å². The fourth-order valence-corrected chi connectivity index (χ4v) is 2.83. The summed E-state index contributed by atoms with van der Waals surface area (Å²) in [5, 5.41) is 11.1. The van der Waals surface area contributed by atoms with Gasteiger partial charge in [-0.25, -0.2) is 5.43 Å². The van der Waals surface area contributed by atoms with Gasteiger partial charge in [-0.2, -0.15) is 5.10 Å². The molecule has 0 bridgehead atoms. The molecule has 0 saturated heterocycles. The molecule has 8 heteroatoms. The Balaban J connectivity index is 1.57. The van der Waals surface area contributed by atoms with Gasteiger partial charge in [0.15, 0.2) is 5.82 Å². The standard InChI is InChI=1S/C20H23N5O3/c1-13-9-16(15(3)25(13)19-10-14(2)28-24-19)11-22-23-20(26)12-21-17-5-7-18(27-4)8-6-17/h5-11,21H,12H2,1-4H3,(H,23,26)/b22-11+. The SMILES string of the molecule is COc1ccc(NCC(=O)N/N=C/c2cc(C)n(-c3cc(C)on3)c2C)cc1. The summed E-state index contributed by atoms with van der Waals surface area (Å²) in [5.41, 5.74) is 6.20. The number of benzene rings is 1. The maximum Gasteiger partial charge on any atom is 0.259 e. The lowest BCUT2D eigenvalue weighted by Gasteiger charge is -2.06. The molecule has 1 amide bonds. The third-order valence-electron chi connectivity index (χ3n) is 4.25. The molecule has 0 radical (unpaired) electrons. The van der Waals surface area contributed by atoms with Gasteiger partial charge in [0.2, 0.25) is 0 Å². The summed E-state index contributed by atoms with van der Waals surface area (Å²) in [6, 6.07) is 11.2. The summed E-state index contributed by atoms with van der Waals surface area (Å²) in [4.78, 5) is 12.0. The van der Waals surface area contributed by atoms with E-state index in [4.69, 9.17) is 9.26 Å². The average Bonchev–Trinajstić information content (AvgIpc) is 3.23. The van der Waals surface area contributed by atoms with Crippen molar-refractivity contribution in [2.24, 2.45) is 5.10 Å². The van der Waals surface area contributed by atoms with Crippen LogP contribution in [-0.2, 0) is 4.79 Å². The monoisotopic (exact) mass is 381 g/mol. The van der Waals surface area contributed by atoms with E-state index in [0.29, 0.717) is 0 Å². The molecule has 0 unspecified atom stereocenters. The van der Waals surface area contributed by atoms with Gasteiger partial charge < -0.3 is 14.6 Å². The predicted octanol–water partition coefficient (Wildman–Crippen LogP) is 2.96. The number of aromatic nitrogens is 2. The van der Waals surface area contributed by atoms with Gasteiger partial charge in [-0.1, -0.05) is 5.16 Å².